The summed E-state index contributed by atoms with van der Waals surface area (Å²) in [7, 11) is 1.55. The Morgan fingerprint density at radius 1 is 1.17 bits per heavy atom. The van der Waals surface area contributed by atoms with E-state index in [2.05, 4.69) is 0 Å². The van der Waals surface area contributed by atoms with Gasteiger partial charge in [-0.25, -0.2) is 4.79 Å². The van der Waals surface area contributed by atoms with Crippen LogP contribution in [0.5, 0.6) is 0 Å². The molecular formula is C18H21NO5. The smallest absolute Gasteiger partial charge is 0.375 e. The number of ether oxygens (including phenoxy) is 2. The Kier molecular flexibility index (Phi) is 5.15. The normalized spacial score (nSPS) is 14.8. The van der Waals surface area contributed by atoms with E-state index < -0.39 is 5.97 Å². The second-order valence-corrected chi connectivity index (χ2v) is 5.86. The number of furan rings is 1. The summed E-state index contributed by atoms with van der Waals surface area (Å²) >= 11 is 0. The number of likely N-dealkylation sites (tertiary alicyclic amines) is 1. The molecule has 3 rings (SSSR count). The van der Waals surface area contributed by atoms with E-state index in [1.165, 1.54) is 0 Å². The third-order valence-electron chi connectivity index (χ3n) is 4.21. The van der Waals surface area contributed by atoms with Gasteiger partial charge >= 0.3 is 5.97 Å². The Morgan fingerprint density at radius 2 is 1.92 bits per heavy atom. The van der Waals surface area contributed by atoms with Crippen molar-refractivity contribution in [3.05, 3.63) is 35.6 Å². The number of hydrogen-bond acceptors (Lipinski definition) is 5. The van der Waals surface area contributed by atoms with Crippen molar-refractivity contribution < 1.29 is 23.5 Å². The lowest BCUT2D eigenvalue weighted by molar-refractivity contribution is -0.135. The van der Waals surface area contributed by atoms with Crippen molar-refractivity contribution in [3.8, 4) is 0 Å². The van der Waals surface area contributed by atoms with E-state index in [-0.39, 0.29) is 24.9 Å². The Morgan fingerprint density at radius 3 is 2.67 bits per heavy atom. The standard InChI is InChI=1S/C18H21NO5/c1-22-11-14-13-7-3-4-8-15(13)24-17(14)18(21)23-12-16(20)19-9-5-2-6-10-19/h3-4,7-8H,2,5-6,9-12H2,1H3. The molecule has 0 N–H and O–H groups in total. The fraction of sp³-hybridized carbons (Fsp3) is 0.444. The first kappa shape index (κ1) is 16.5. The Balaban J connectivity index is 1.71. The molecule has 1 saturated heterocycles. The first-order chi connectivity index (χ1) is 11.7. The van der Waals surface area contributed by atoms with Crippen molar-refractivity contribution in [2.45, 2.75) is 25.9 Å². The molecule has 0 unspecified atom stereocenters. The van der Waals surface area contributed by atoms with Crippen molar-refractivity contribution in [1.82, 2.24) is 4.90 Å². The molecule has 2 heterocycles. The number of nitrogens with zero attached hydrogens (tertiary/aromatic N) is 1. The van der Waals surface area contributed by atoms with E-state index in [0.717, 1.165) is 37.7 Å². The van der Waals surface area contributed by atoms with Gasteiger partial charge in [0.05, 0.1) is 6.61 Å². The van der Waals surface area contributed by atoms with Crippen LogP contribution in [-0.4, -0.2) is 43.6 Å². The molecule has 0 radical (unpaired) electrons. The Hall–Kier alpha value is -2.34. The number of amides is 1. The zero-order valence-electron chi connectivity index (χ0n) is 13.7. The van der Waals surface area contributed by atoms with E-state index in [4.69, 9.17) is 13.9 Å². The number of methoxy groups -OCH3 is 1. The molecular weight excluding hydrogens is 310 g/mol. The molecule has 1 fully saturated rings. The fourth-order valence-electron chi connectivity index (χ4n) is 2.98. The highest BCUT2D eigenvalue weighted by Gasteiger charge is 2.24. The predicted octanol–water partition coefficient (Wildman–Crippen LogP) is 2.75. The number of hydrogen-bond donors (Lipinski definition) is 0. The molecule has 6 heteroatoms. The van der Waals surface area contributed by atoms with Gasteiger partial charge in [0.15, 0.2) is 6.61 Å². The SMILES string of the molecule is COCc1c(C(=O)OCC(=O)N2CCCCC2)oc2ccccc12. The molecule has 128 valence electrons. The molecule has 1 aliphatic rings. The summed E-state index contributed by atoms with van der Waals surface area (Å²) in [5, 5.41) is 0.814. The van der Waals surface area contributed by atoms with Crippen LogP contribution in [-0.2, 0) is 20.9 Å². The molecule has 0 atom stereocenters. The van der Waals surface area contributed by atoms with Crippen molar-refractivity contribution in [2.24, 2.45) is 0 Å². The maximum Gasteiger partial charge on any atom is 0.375 e. The summed E-state index contributed by atoms with van der Waals surface area (Å²) in [5.74, 6) is -0.694. The molecule has 1 aromatic carbocycles. The number of para-hydroxylation sites is 1. The lowest BCUT2D eigenvalue weighted by atomic mass is 10.1. The van der Waals surface area contributed by atoms with E-state index in [1.54, 1.807) is 18.1 Å². The van der Waals surface area contributed by atoms with Crippen molar-refractivity contribution >= 4 is 22.8 Å². The summed E-state index contributed by atoms with van der Waals surface area (Å²) in [4.78, 5) is 26.2. The second kappa shape index (κ2) is 7.49. The van der Waals surface area contributed by atoms with Gasteiger partial charge in [0.1, 0.15) is 5.58 Å². The third-order valence-corrected chi connectivity index (χ3v) is 4.21. The zero-order chi connectivity index (χ0) is 16.9. The van der Waals surface area contributed by atoms with Gasteiger partial charge in [-0.1, -0.05) is 18.2 Å². The van der Waals surface area contributed by atoms with E-state index in [9.17, 15) is 9.59 Å². The Labute approximate surface area is 140 Å². The number of fused-ring (bicyclic) bond motifs is 1. The number of rotatable bonds is 5. The maximum absolute atomic E-state index is 12.4. The largest absolute Gasteiger partial charge is 0.450 e. The minimum absolute atomic E-state index is 0.101. The minimum Gasteiger partial charge on any atom is -0.450 e. The molecule has 2 aromatic rings. The summed E-state index contributed by atoms with van der Waals surface area (Å²) in [6, 6.07) is 7.34. The number of carbonyl (C=O) groups is 2. The number of carbonyl (C=O) groups excluding carboxylic acids is 2. The molecule has 0 aliphatic carbocycles. The highest BCUT2D eigenvalue weighted by Crippen LogP contribution is 2.27. The van der Waals surface area contributed by atoms with Crippen molar-refractivity contribution in [1.29, 1.82) is 0 Å². The van der Waals surface area contributed by atoms with E-state index in [0.29, 0.717) is 11.1 Å². The molecule has 1 aliphatic heterocycles. The zero-order valence-corrected chi connectivity index (χ0v) is 13.7. The highest BCUT2D eigenvalue weighted by atomic mass is 16.5. The summed E-state index contributed by atoms with van der Waals surface area (Å²) in [6.45, 7) is 1.44. The van der Waals surface area contributed by atoms with Crippen LogP contribution in [0.1, 0.15) is 35.4 Å². The van der Waals surface area contributed by atoms with Crippen LogP contribution >= 0.6 is 0 Å². The van der Waals surface area contributed by atoms with Gasteiger partial charge in [-0.3, -0.25) is 4.79 Å². The van der Waals surface area contributed by atoms with Gasteiger partial charge in [-0.15, -0.1) is 0 Å². The van der Waals surface area contributed by atoms with Gasteiger partial charge in [0, 0.05) is 31.1 Å². The number of benzene rings is 1. The van der Waals surface area contributed by atoms with Crippen LogP contribution in [0.25, 0.3) is 11.0 Å². The maximum atomic E-state index is 12.4. The van der Waals surface area contributed by atoms with Crippen LogP contribution in [0.4, 0.5) is 0 Å². The second-order valence-electron chi connectivity index (χ2n) is 5.86. The summed E-state index contributed by atoms with van der Waals surface area (Å²) in [6.07, 6.45) is 3.14. The van der Waals surface area contributed by atoms with Gasteiger partial charge in [0.2, 0.25) is 5.76 Å². The molecule has 1 amide bonds. The minimum atomic E-state index is -0.636. The quantitative estimate of drug-likeness (QED) is 0.788. The average molecular weight is 331 g/mol. The van der Waals surface area contributed by atoms with Gasteiger partial charge in [-0.2, -0.15) is 0 Å². The predicted molar refractivity (Wildman–Crippen MR) is 87.6 cm³/mol. The van der Waals surface area contributed by atoms with Crippen LogP contribution in [0.2, 0.25) is 0 Å². The highest BCUT2D eigenvalue weighted by molar-refractivity contribution is 5.96. The molecule has 6 nitrogen and oxygen atoms in total. The topological polar surface area (TPSA) is 69.0 Å². The van der Waals surface area contributed by atoms with E-state index >= 15 is 0 Å². The number of piperidine rings is 1. The van der Waals surface area contributed by atoms with Crippen LogP contribution in [0.3, 0.4) is 0 Å². The van der Waals surface area contributed by atoms with Crippen molar-refractivity contribution in [3.63, 3.8) is 0 Å². The monoisotopic (exact) mass is 331 g/mol. The molecule has 0 spiro atoms. The first-order valence-electron chi connectivity index (χ1n) is 8.15. The number of esters is 1. The average Bonchev–Trinajstić information content (AvgIpc) is 2.99. The summed E-state index contributed by atoms with van der Waals surface area (Å²) in [5.41, 5.74) is 1.24. The van der Waals surface area contributed by atoms with Gasteiger partial charge < -0.3 is 18.8 Å². The Bertz CT molecular complexity index is 730. The van der Waals surface area contributed by atoms with Crippen LogP contribution in [0.15, 0.2) is 28.7 Å². The van der Waals surface area contributed by atoms with Crippen LogP contribution in [0, 0.1) is 0 Å². The van der Waals surface area contributed by atoms with Gasteiger partial charge in [0.25, 0.3) is 5.91 Å². The summed E-state index contributed by atoms with van der Waals surface area (Å²) < 4.78 is 16.0. The lowest BCUT2D eigenvalue weighted by Crippen LogP contribution is -2.38. The van der Waals surface area contributed by atoms with Gasteiger partial charge in [-0.05, 0) is 25.3 Å². The lowest BCUT2D eigenvalue weighted by Gasteiger charge is -2.26. The molecule has 1 aromatic heterocycles. The van der Waals surface area contributed by atoms with Crippen LogP contribution < -0.4 is 0 Å². The first-order valence-corrected chi connectivity index (χ1v) is 8.15. The molecule has 0 saturated carbocycles. The fourth-order valence-corrected chi connectivity index (χ4v) is 2.98. The molecule has 0 bridgehead atoms. The third kappa shape index (κ3) is 3.43. The van der Waals surface area contributed by atoms with E-state index in [1.807, 2.05) is 18.2 Å². The molecule has 24 heavy (non-hydrogen) atoms. The van der Waals surface area contributed by atoms with Crippen molar-refractivity contribution in [2.75, 3.05) is 26.8 Å².